The highest BCUT2D eigenvalue weighted by molar-refractivity contribution is 5.91. The molecule has 26 heavy (non-hydrogen) atoms. The molecule has 5 nitrogen and oxygen atoms in total. The van der Waals surface area contributed by atoms with E-state index in [1.54, 1.807) is 0 Å². The highest BCUT2D eigenvalue weighted by Gasteiger charge is 2.20. The highest BCUT2D eigenvalue weighted by Crippen LogP contribution is 2.36. The first-order valence-electron chi connectivity index (χ1n) is 8.91. The van der Waals surface area contributed by atoms with Gasteiger partial charge in [-0.3, -0.25) is 4.68 Å². The topological polar surface area (TPSA) is 48.5 Å². The Kier molecular flexibility index (Phi) is 3.87. The second kappa shape index (κ2) is 6.09. The van der Waals surface area contributed by atoms with E-state index >= 15 is 0 Å². The second-order valence-corrected chi connectivity index (χ2v) is 7.02. The van der Waals surface area contributed by atoms with Crippen LogP contribution < -0.4 is 0 Å². The molecule has 0 aliphatic heterocycles. The number of fused-ring (bicyclic) bond motifs is 1. The van der Waals surface area contributed by atoms with Crippen molar-refractivity contribution >= 4 is 11.0 Å². The zero-order valence-corrected chi connectivity index (χ0v) is 15.9. The van der Waals surface area contributed by atoms with Gasteiger partial charge in [-0.2, -0.15) is 10.2 Å². The maximum Gasteiger partial charge on any atom is 0.158 e. The molecule has 4 rings (SSSR count). The minimum absolute atomic E-state index is 0.256. The van der Waals surface area contributed by atoms with Gasteiger partial charge in [-0.1, -0.05) is 30.3 Å². The van der Waals surface area contributed by atoms with Gasteiger partial charge in [-0.05, 0) is 39.3 Å². The Bertz CT molecular complexity index is 1090. The Balaban J connectivity index is 2.09. The Morgan fingerprint density at radius 3 is 2.38 bits per heavy atom. The molecule has 0 unspecified atom stereocenters. The van der Waals surface area contributed by atoms with E-state index in [4.69, 9.17) is 4.98 Å². The first kappa shape index (κ1) is 16.5. The quantitative estimate of drug-likeness (QED) is 0.541. The summed E-state index contributed by atoms with van der Waals surface area (Å²) in [7, 11) is 1.98. The van der Waals surface area contributed by atoms with E-state index in [1.165, 1.54) is 0 Å². The first-order chi connectivity index (χ1) is 12.5. The number of hydrogen-bond donors (Lipinski definition) is 0. The Labute approximate surface area is 153 Å². The molecule has 1 aromatic carbocycles. The van der Waals surface area contributed by atoms with Gasteiger partial charge in [0.2, 0.25) is 0 Å². The van der Waals surface area contributed by atoms with Crippen LogP contribution in [0, 0.1) is 13.8 Å². The van der Waals surface area contributed by atoms with Gasteiger partial charge < -0.3 is 0 Å². The largest absolute Gasteiger partial charge is 0.272 e. The van der Waals surface area contributed by atoms with E-state index in [1.807, 2.05) is 35.6 Å². The minimum atomic E-state index is 0.256. The monoisotopic (exact) mass is 345 g/mol. The lowest BCUT2D eigenvalue weighted by Crippen LogP contribution is -2.04. The average Bonchev–Trinajstić information content (AvgIpc) is 3.15. The van der Waals surface area contributed by atoms with Crippen molar-refractivity contribution in [2.24, 2.45) is 7.05 Å². The smallest absolute Gasteiger partial charge is 0.158 e. The fraction of sp³-hybridized carbons (Fsp3) is 0.286. The Morgan fingerprint density at radius 1 is 1.04 bits per heavy atom. The summed E-state index contributed by atoms with van der Waals surface area (Å²) in [4.78, 5) is 5.09. The molecule has 0 N–H and O–H groups in total. The molecule has 0 fully saturated rings. The molecule has 0 bridgehead atoms. The molecule has 0 saturated carbocycles. The van der Waals surface area contributed by atoms with Crippen molar-refractivity contribution in [1.29, 1.82) is 0 Å². The number of nitrogens with zero attached hydrogens (tertiary/aromatic N) is 5. The van der Waals surface area contributed by atoms with E-state index in [9.17, 15) is 0 Å². The van der Waals surface area contributed by atoms with Gasteiger partial charge in [0.15, 0.2) is 5.65 Å². The third kappa shape index (κ3) is 2.51. The van der Waals surface area contributed by atoms with Crippen molar-refractivity contribution in [2.75, 3.05) is 0 Å². The van der Waals surface area contributed by atoms with Crippen molar-refractivity contribution in [2.45, 2.75) is 33.7 Å². The van der Waals surface area contributed by atoms with Crippen LogP contribution in [0.3, 0.4) is 0 Å². The van der Waals surface area contributed by atoms with Crippen LogP contribution in [0.1, 0.15) is 31.3 Å². The maximum atomic E-state index is 5.09. The summed E-state index contributed by atoms with van der Waals surface area (Å²) in [5, 5.41) is 10.2. The number of benzene rings is 1. The molecule has 0 aliphatic carbocycles. The van der Waals surface area contributed by atoms with E-state index in [-0.39, 0.29) is 6.04 Å². The fourth-order valence-corrected chi connectivity index (χ4v) is 3.50. The number of pyridine rings is 1. The summed E-state index contributed by atoms with van der Waals surface area (Å²) in [6, 6.07) is 12.9. The van der Waals surface area contributed by atoms with Crippen LogP contribution in [0.5, 0.6) is 0 Å². The summed E-state index contributed by atoms with van der Waals surface area (Å²) in [6.07, 6.45) is 1.90. The molecule has 3 aromatic heterocycles. The molecule has 0 radical (unpaired) electrons. The molecule has 0 amide bonds. The molecule has 4 aromatic rings. The zero-order valence-electron chi connectivity index (χ0n) is 15.9. The lowest BCUT2D eigenvalue weighted by atomic mass is 9.97. The van der Waals surface area contributed by atoms with Crippen LogP contribution in [0.4, 0.5) is 0 Å². The molecule has 0 spiro atoms. The van der Waals surface area contributed by atoms with Crippen molar-refractivity contribution in [3.05, 3.63) is 54.0 Å². The standard InChI is InChI=1S/C21H23N5/c1-13(2)26-21-17(12-22-26)11-18(16-9-7-6-8-10-16)20(23-21)19-14(3)24-25(5)15(19)4/h6-13H,1-5H3. The molecular formula is C21H23N5. The van der Waals surface area contributed by atoms with E-state index in [0.717, 1.165) is 44.8 Å². The van der Waals surface area contributed by atoms with Gasteiger partial charge in [0.25, 0.3) is 0 Å². The van der Waals surface area contributed by atoms with Crippen molar-refractivity contribution in [3.8, 4) is 22.4 Å². The lowest BCUT2D eigenvalue weighted by molar-refractivity contribution is 0.546. The van der Waals surface area contributed by atoms with Crippen molar-refractivity contribution < 1.29 is 0 Å². The van der Waals surface area contributed by atoms with Crippen molar-refractivity contribution in [3.63, 3.8) is 0 Å². The number of aromatic nitrogens is 5. The van der Waals surface area contributed by atoms with Gasteiger partial charge in [-0.15, -0.1) is 0 Å². The van der Waals surface area contributed by atoms with Crippen LogP contribution in [-0.2, 0) is 7.05 Å². The van der Waals surface area contributed by atoms with Gasteiger partial charge in [-0.25, -0.2) is 9.67 Å². The Morgan fingerprint density at radius 2 is 1.77 bits per heavy atom. The normalized spacial score (nSPS) is 11.6. The number of hydrogen-bond acceptors (Lipinski definition) is 3. The summed E-state index contributed by atoms with van der Waals surface area (Å²) >= 11 is 0. The van der Waals surface area contributed by atoms with Crippen molar-refractivity contribution in [1.82, 2.24) is 24.5 Å². The summed E-state index contributed by atoms with van der Waals surface area (Å²) in [5.74, 6) is 0. The third-order valence-electron chi connectivity index (χ3n) is 4.89. The van der Waals surface area contributed by atoms with Crippen LogP contribution >= 0.6 is 0 Å². The summed E-state index contributed by atoms with van der Waals surface area (Å²) in [6.45, 7) is 8.39. The van der Waals surface area contributed by atoms with Crippen LogP contribution in [0.2, 0.25) is 0 Å². The van der Waals surface area contributed by atoms with E-state index in [0.29, 0.717) is 0 Å². The zero-order chi connectivity index (χ0) is 18.4. The number of aryl methyl sites for hydroxylation is 2. The lowest BCUT2D eigenvalue weighted by Gasteiger charge is -2.12. The molecule has 5 heteroatoms. The van der Waals surface area contributed by atoms with Gasteiger partial charge >= 0.3 is 0 Å². The molecule has 3 heterocycles. The van der Waals surface area contributed by atoms with E-state index in [2.05, 4.69) is 61.3 Å². The summed E-state index contributed by atoms with van der Waals surface area (Å²) < 4.78 is 3.90. The van der Waals surface area contributed by atoms with Crippen LogP contribution in [-0.4, -0.2) is 24.5 Å². The molecule has 0 saturated heterocycles. The average molecular weight is 345 g/mol. The molecule has 0 aliphatic rings. The van der Waals surface area contributed by atoms with Crippen LogP contribution in [0.15, 0.2) is 42.6 Å². The molecule has 132 valence electrons. The van der Waals surface area contributed by atoms with Gasteiger partial charge in [0, 0.05) is 35.3 Å². The minimum Gasteiger partial charge on any atom is -0.272 e. The predicted octanol–water partition coefficient (Wildman–Crippen LogP) is 4.70. The van der Waals surface area contributed by atoms with E-state index < -0.39 is 0 Å². The fourth-order valence-electron chi connectivity index (χ4n) is 3.50. The summed E-state index contributed by atoms with van der Waals surface area (Å²) in [5.41, 5.74) is 7.35. The second-order valence-electron chi connectivity index (χ2n) is 7.02. The van der Waals surface area contributed by atoms with Gasteiger partial charge in [0.05, 0.1) is 17.6 Å². The third-order valence-corrected chi connectivity index (χ3v) is 4.89. The molecule has 0 atom stereocenters. The van der Waals surface area contributed by atoms with Gasteiger partial charge in [0.1, 0.15) is 0 Å². The SMILES string of the molecule is Cc1nn(C)c(C)c1-c1nc2c(cnn2C(C)C)cc1-c1ccccc1. The maximum absolute atomic E-state index is 5.09. The Hall–Kier alpha value is -2.95. The first-order valence-corrected chi connectivity index (χ1v) is 8.91. The number of rotatable bonds is 3. The predicted molar refractivity (Wildman–Crippen MR) is 105 cm³/mol. The molecular weight excluding hydrogens is 322 g/mol. The highest BCUT2D eigenvalue weighted by atomic mass is 15.3. The van der Waals surface area contributed by atoms with Crippen LogP contribution in [0.25, 0.3) is 33.4 Å².